The highest BCUT2D eigenvalue weighted by atomic mass is 19.4. The predicted molar refractivity (Wildman–Crippen MR) is 112 cm³/mol. The van der Waals surface area contributed by atoms with Gasteiger partial charge in [-0.3, -0.25) is 4.79 Å². The summed E-state index contributed by atoms with van der Waals surface area (Å²) in [6.07, 6.45) is -8.70. The first-order chi connectivity index (χ1) is 17.5. The molecule has 17 heteroatoms. The summed E-state index contributed by atoms with van der Waals surface area (Å²) in [6.45, 7) is -3.84. The molecule has 1 aliphatic carbocycles. The maximum atomic E-state index is 13.9. The molecule has 1 saturated carbocycles. The average molecular weight is 561 g/mol. The predicted octanol–water partition coefficient (Wildman–Crippen LogP) is 5.69. The molecule has 7 nitrogen and oxygen atoms in total. The van der Waals surface area contributed by atoms with Crippen LogP contribution < -0.4 is 15.4 Å². The van der Waals surface area contributed by atoms with Gasteiger partial charge in [-0.2, -0.15) is 49.0 Å². The fourth-order valence-corrected chi connectivity index (χ4v) is 3.21. The number of nitrogens with zero attached hydrogens (tertiary/aromatic N) is 2. The summed E-state index contributed by atoms with van der Waals surface area (Å²) < 4.78 is 137. The first-order valence-corrected chi connectivity index (χ1v) is 10.4. The largest absolute Gasteiger partial charge is 0.459 e. The quantitative estimate of drug-likeness (QED) is 0.271. The second-order valence-corrected chi connectivity index (χ2v) is 7.99. The van der Waals surface area contributed by atoms with Crippen LogP contribution in [0.3, 0.4) is 0 Å². The molecular weight excluding hydrogens is 544 g/mol. The number of aryl methyl sites for hydroxylation is 1. The zero-order chi connectivity index (χ0) is 28.6. The smallest absolute Gasteiger partial charge is 0.429 e. The highest BCUT2D eigenvalue weighted by Crippen LogP contribution is 2.49. The van der Waals surface area contributed by atoms with E-state index in [0.29, 0.717) is 29.8 Å². The Labute approximate surface area is 206 Å². The van der Waals surface area contributed by atoms with E-state index in [4.69, 9.17) is 5.41 Å². The molecule has 3 rings (SSSR count). The topological polar surface area (TPSA) is 92.0 Å². The van der Waals surface area contributed by atoms with Crippen molar-refractivity contribution in [1.82, 2.24) is 15.1 Å². The van der Waals surface area contributed by atoms with Gasteiger partial charge in [-0.25, -0.2) is 4.68 Å². The maximum absolute atomic E-state index is 13.9. The van der Waals surface area contributed by atoms with Crippen molar-refractivity contribution in [2.75, 3.05) is 5.32 Å². The van der Waals surface area contributed by atoms with Gasteiger partial charge in [0.1, 0.15) is 0 Å². The van der Waals surface area contributed by atoms with E-state index >= 15 is 0 Å². The minimum absolute atomic E-state index is 0.180. The molecule has 0 atom stereocenters. The lowest BCUT2D eigenvalue weighted by Gasteiger charge is -2.18. The summed E-state index contributed by atoms with van der Waals surface area (Å²) >= 11 is 0. The lowest BCUT2D eigenvalue weighted by atomic mass is 9.99. The van der Waals surface area contributed by atoms with Gasteiger partial charge in [0, 0.05) is 31.1 Å². The molecule has 2 aromatic rings. The fraction of sp³-hybridized carbons (Fsp3) is 0.381. The van der Waals surface area contributed by atoms with Gasteiger partial charge in [-0.1, -0.05) is 6.07 Å². The van der Waals surface area contributed by atoms with Crippen LogP contribution in [0.2, 0.25) is 0 Å². The van der Waals surface area contributed by atoms with Gasteiger partial charge in [0.15, 0.2) is 17.3 Å². The third-order valence-electron chi connectivity index (χ3n) is 5.20. The number of nitrogens with one attached hydrogen (secondary N) is 3. The van der Waals surface area contributed by atoms with E-state index in [0.717, 1.165) is 25.4 Å². The van der Waals surface area contributed by atoms with Crippen LogP contribution in [0.4, 0.5) is 49.7 Å². The van der Waals surface area contributed by atoms with Crippen molar-refractivity contribution in [3.8, 4) is 5.75 Å². The van der Waals surface area contributed by atoms with E-state index in [-0.39, 0.29) is 17.2 Å². The number of halogens is 10. The van der Waals surface area contributed by atoms with Gasteiger partial charge < -0.3 is 20.8 Å². The number of aromatic nitrogens is 2. The third-order valence-corrected chi connectivity index (χ3v) is 5.20. The van der Waals surface area contributed by atoms with E-state index < -0.39 is 59.2 Å². The number of ether oxygens (including phenoxy) is 1. The monoisotopic (exact) mass is 561 g/mol. The lowest BCUT2D eigenvalue weighted by molar-refractivity contribution is -0.291. The Kier molecular flexibility index (Phi) is 7.70. The van der Waals surface area contributed by atoms with Gasteiger partial charge >= 0.3 is 24.9 Å². The second-order valence-electron chi connectivity index (χ2n) is 7.99. The van der Waals surface area contributed by atoms with Crippen LogP contribution in [0, 0.1) is 5.41 Å². The molecule has 1 aromatic carbocycles. The van der Waals surface area contributed by atoms with E-state index in [1.807, 2.05) is 0 Å². The summed E-state index contributed by atoms with van der Waals surface area (Å²) in [5.74, 6) is -9.30. The molecule has 0 spiro atoms. The van der Waals surface area contributed by atoms with Gasteiger partial charge in [0.2, 0.25) is 0 Å². The molecular formula is C21H17F10N5O2. The summed E-state index contributed by atoms with van der Waals surface area (Å²) in [6, 6.07) is 1.93. The van der Waals surface area contributed by atoms with Gasteiger partial charge in [0.25, 0.3) is 5.91 Å². The Bertz CT molecular complexity index is 1250. The lowest BCUT2D eigenvalue weighted by Crippen LogP contribution is -2.34. The van der Waals surface area contributed by atoms with E-state index in [1.165, 1.54) is 0 Å². The number of anilines is 1. The van der Waals surface area contributed by atoms with Crippen molar-refractivity contribution in [3.05, 3.63) is 46.8 Å². The molecule has 1 amide bonds. The summed E-state index contributed by atoms with van der Waals surface area (Å²) in [5.41, 5.74) is -4.74. The molecule has 1 aromatic heterocycles. The van der Waals surface area contributed by atoms with Crippen molar-refractivity contribution in [2.24, 2.45) is 7.05 Å². The maximum Gasteiger partial charge on any atom is 0.459 e. The molecule has 1 aliphatic rings. The first-order valence-electron chi connectivity index (χ1n) is 10.4. The molecule has 1 heterocycles. The van der Waals surface area contributed by atoms with Crippen LogP contribution in [0.25, 0.3) is 5.57 Å². The van der Waals surface area contributed by atoms with Crippen LogP contribution >= 0.6 is 0 Å². The van der Waals surface area contributed by atoms with Crippen LogP contribution in [0.5, 0.6) is 5.75 Å². The molecule has 1 fully saturated rings. The Morgan fingerprint density at radius 2 is 1.79 bits per heavy atom. The number of carbonyl (C=O) groups excluding carboxylic acids is 1. The van der Waals surface area contributed by atoms with Crippen LogP contribution in [0.1, 0.15) is 40.0 Å². The molecule has 0 saturated heterocycles. The summed E-state index contributed by atoms with van der Waals surface area (Å²) in [4.78, 5) is 12.4. The van der Waals surface area contributed by atoms with Crippen molar-refractivity contribution >= 4 is 23.5 Å². The van der Waals surface area contributed by atoms with E-state index in [1.54, 1.807) is 0 Å². The molecule has 0 unspecified atom stereocenters. The van der Waals surface area contributed by atoms with Gasteiger partial charge in [0.05, 0.1) is 11.1 Å². The average Bonchev–Trinajstić information content (AvgIpc) is 3.55. The number of allylic oxidation sites excluding steroid dienone is 1. The Morgan fingerprint density at radius 1 is 1.16 bits per heavy atom. The normalized spacial score (nSPS) is 15.0. The number of hydrogen-bond donors (Lipinski definition) is 3. The number of benzene rings is 1. The fourth-order valence-electron chi connectivity index (χ4n) is 3.21. The van der Waals surface area contributed by atoms with Crippen LogP contribution in [0.15, 0.2) is 24.4 Å². The molecule has 208 valence electrons. The van der Waals surface area contributed by atoms with Crippen molar-refractivity contribution in [1.29, 1.82) is 5.41 Å². The van der Waals surface area contributed by atoms with E-state index in [2.05, 4.69) is 20.5 Å². The van der Waals surface area contributed by atoms with Crippen LogP contribution in [-0.4, -0.2) is 40.7 Å². The summed E-state index contributed by atoms with van der Waals surface area (Å²) in [7, 11) is 0.826. The number of amides is 1. The Morgan fingerprint density at radius 3 is 2.29 bits per heavy atom. The highest BCUT2D eigenvalue weighted by Gasteiger charge is 2.62. The van der Waals surface area contributed by atoms with Crippen molar-refractivity contribution in [2.45, 2.75) is 43.8 Å². The van der Waals surface area contributed by atoms with Gasteiger partial charge in [-0.15, -0.1) is 0 Å². The summed E-state index contributed by atoms with van der Waals surface area (Å²) in [5, 5.41) is 15.0. The molecule has 0 radical (unpaired) electrons. The Balaban J connectivity index is 2.05. The highest BCUT2D eigenvalue weighted by molar-refractivity contribution is 6.09. The molecule has 0 aliphatic heterocycles. The first kappa shape index (κ1) is 28.8. The SMILES string of the molecule is Cn1nc(C(F)(F)C(F)(F)F)c(OC(F)F)c1N/C=C(\C=N)c1ccc(C(F)(F)F)c(C(=O)NC2CC2)c1. The zero-order valence-electron chi connectivity index (χ0n) is 18.9. The van der Waals surface area contributed by atoms with Gasteiger partial charge in [-0.05, 0) is 30.5 Å². The minimum atomic E-state index is -6.22. The van der Waals surface area contributed by atoms with Crippen molar-refractivity contribution < 1.29 is 53.4 Å². The second kappa shape index (κ2) is 10.2. The number of hydrogen-bond acceptors (Lipinski definition) is 5. The van der Waals surface area contributed by atoms with Crippen LogP contribution in [-0.2, 0) is 19.1 Å². The molecule has 0 bridgehead atoms. The number of rotatable bonds is 9. The standard InChI is InChI=1S/C21H17F10N5O2/c1-36-16(14(38-18(22)23)15(35-36)19(24,25)21(29,30)31)33-8-10(7-32)9-2-5-13(20(26,27)28)12(6-9)17(37)34-11-3-4-11/h2,5-8,11,18,32-33H,3-4H2,1H3,(H,34,37)/b10-8+,32-7?. The van der Waals surface area contributed by atoms with E-state index in [9.17, 15) is 48.7 Å². The molecule has 38 heavy (non-hydrogen) atoms. The zero-order valence-corrected chi connectivity index (χ0v) is 18.9. The number of carbonyl (C=O) groups is 1. The molecule has 3 N–H and O–H groups in total. The van der Waals surface area contributed by atoms with Crippen molar-refractivity contribution in [3.63, 3.8) is 0 Å². The number of alkyl halides is 10. The third kappa shape index (κ3) is 6.02. The minimum Gasteiger partial charge on any atom is -0.429 e. The Hall–Kier alpha value is -3.79.